The van der Waals surface area contributed by atoms with Crippen molar-refractivity contribution in [3.8, 4) is 6.07 Å². The van der Waals surface area contributed by atoms with Crippen molar-refractivity contribution in [1.82, 2.24) is 19.7 Å². The molecule has 82 valence electrons. The molecule has 0 radical (unpaired) electrons. The van der Waals surface area contributed by atoms with Gasteiger partial charge in [0.25, 0.3) is 5.82 Å². The van der Waals surface area contributed by atoms with E-state index < -0.39 is 0 Å². The van der Waals surface area contributed by atoms with Gasteiger partial charge in [0.2, 0.25) is 5.89 Å². The fraction of sp³-hybridized carbons (Fsp3) is 0.0909. The highest BCUT2D eigenvalue weighted by Crippen LogP contribution is 2.14. The summed E-state index contributed by atoms with van der Waals surface area (Å²) >= 11 is 0. The molecule has 0 aliphatic heterocycles. The van der Waals surface area contributed by atoms with Crippen molar-refractivity contribution < 1.29 is 4.42 Å². The van der Waals surface area contributed by atoms with Crippen LogP contribution in [0.3, 0.4) is 0 Å². The van der Waals surface area contributed by atoms with Gasteiger partial charge in [-0.05, 0) is 12.1 Å². The van der Waals surface area contributed by atoms with Gasteiger partial charge in [0, 0.05) is 0 Å². The number of nitriles is 1. The molecule has 2 heterocycles. The largest absolute Gasteiger partial charge is 0.439 e. The van der Waals surface area contributed by atoms with E-state index in [1.165, 1.54) is 11.0 Å². The Morgan fingerprint density at radius 2 is 2.24 bits per heavy atom. The Morgan fingerprint density at radius 1 is 1.35 bits per heavy atom. The molecule has 0 unspecified atom stereocenters. The van der Waals surface area contributed by atoms with Crippen molar-refractivity contribution in [2.45, 2.75) is 6.54 Å². The summed E-state index contributed by atoms with van der Waals surface area (Å²) in [6, 6.07) is 9.39. The molecule has 3 aromatic rings. The highest BCUT2D eigenvalue weighted by molar-refractivity contribution is 5.72. The summed E-state index contributed by atoms with van der Waals surface area (Å²) in [6.45, 7) is 0.364. The number of hydrogen-bond acceptors (Lipinski definition) is 5. The predicted molar refractivity (Wildman–Crippen MR) is 57.8 cm³/mol. The molecule has 0 aliphatic rings. The van der Waals surface area contributed by atoms with E-state index in [-0.39, 0.29) is 5.82 Å². The molecule has 0 bridgehead atoms. The van der Waals surface area contributed by atoms with Crippen LogP contribution in [0.1, 0.15) is 11.7 Å². The average molecular weight is 225 g/mol. The topological polar surface area (TPSA) is 80.5 Å². The first-order valence-electron chi connectivity index (χ1n) is 4.99. The number of para-hydroxylation sites is 2. The molecule has 0 spiro atoms. The lowest BCUT2D eigenvalue weighted by atomic mass is 10.3. The number of oxazole rings is 1. The second-order valence-electron chi connectivity index (χ2n) is 3.45. The molecule has 0 N–H and O–H groups in total. The lowest BCUT2D eigenvalue weighted by Crippen LogP contribution is -2.00. The number of hydrogen-bond donors (Lipinski definition) is 0. The predicted octanol–water partition coefficient (Wildman–Crippen LogP) is 1.34. The molecule has 0 fully saturated rings. The van der Waals surface area contributed by atoms with Gasteiger partial charge in [0.1, 0.15) is 24.5 Å². The molecule has 0 atom stereocenters. The normalized spacial score (nSPS) is 10.5. The van der Waals surface area contributed by atoms with Gasteiger partial charge in [-0.3, -0.25) is 0 Å². The second kappa shape index (κ2) is 3.72. The van der Waals surface area contributed by atoms with Gasteiger partial charge in [-0.25, -0.2) is 14.6 Å². The fourth-order valence-electron chi connectivity index (χ4n) is 1.55. The maximum Gasteiger partial charge on any atom is 0.252 e. The summed E-state index contributed by atoms with van der Waals surface area (Å²) < 4.78 is 7.05. The number of benzene rings is 1. The Kier molecular flexibility index (Phi) is 2.09. The van der Waals surface area contributed by atoms with Crippen molar-refractivity contribution >= 4 is 11.1 Å². The van der Waals surface area contributed by atoms with Gasteiger partial charge < -0.3 is 4.42 Å². The monoisotopic (exact) mass is 225 g/mol. The summed E-state index contributed by atoms with van der Waals surface area (Å²) in [4.78, 5) is 8.11. The molecular weight excluding hydrogens is 218 g/mol. The van der Waals surface area contributed by atoms with Crippen molar-refractivity contribution in [1.29, 1.82) is 5.26 Å². The Balaban J connectivity index is 1.92. The lowest BCUT2D eigenvalue weighted by Gasteiger charge is -1.92. The van der Waals surface area contributed by atoms with Gasteiger partial charge in [-0.2, -0.15) is 5.26 Å². The van der Waals surface area contributed by atoms with Crippen LogP contribution in [0.2, 0.25) is 0 Å². The van der Waals surface area contributed by atoms with Crippen LogP contribution >= 0.6 is 0 Å². The third kappa shape index (κ3) is 1.74. The van der Waals surface area contributed by atoms with Gasteiger partial charge in [0.15, 0.2) is 5.58 Å². The van der Waals surface area contributed by atoms with Crippen LogP contribution in [-0.2, 0) is 6.54 Å². The van der Waals surface area contributed by atoms with Crippen LogP contribution in [0.15, 0.2) is 35.0 Å². The molecular formula is C11H7N5O. The molecule has 1 aromatic carbocycles. The highest BCUT2D eigenvalue weighted by atomic mass is 16.3. The number of rotatable bonds is 2. The molecule has 0 aliphatic carbocycles. The summed E-state index contributed by atoms with van der Waals surface area (Å²) in [5.74, 6) is 0.682. The van der Waals surface area contributed by atoms with Gasteiger partial charge in [-0.15, -0.1) is 5.10 Å². The minimum absolute atomic E-state index is 0.140. The Morgan fingerprint density at radius 3 is 3.00 bits per heavy atom. The van der Waals surface area contributed by atoms with Crippen LogP contribution in [0.5, 0.6) is 0 Å². The molecule has 0 saturated carbocycles. The summed E-state index contributed by atoms with van der Waals surface area (Å²) in [5, 5.41) is 12.5. The van der Waals surface area contributed by atoms with E-state index in [0.717, 1.165) is 11.1 Å². The zero-order valence-electron chi connectivity index (χ0n) is 8.74. The van der Waals surface area contributed by atoms with E-state index in [1.54, 1.807) is 0 Å². The van der Waals surface area contributed by atoms with E-state index in [4.69, 9.17) is 9.68 Å². The second-order valence-corrected chi connectivity index (χ2v) is 3.45. The molecule has 6 heteroatoms. The Labute approximate surface area is 96.1 Å². The van der Waals surface area contributed by atoms with Crippen LogP contribution < -0.4 is 0 Å². The number of nitrogens with zero attached hydrogens (tertiary/aromatic N) is 5. The van der Waals surface area contributed by atoms with Crippen molar-refractivity contribution in [3.63, 3.8) is 0 Å². The smallest absolute Gasteiger partial charge is 0.252 e. The first kappa shape index (κ1) is 9.54. The third-order valence-corrected chi connectivity index (χ3v) is 2.27. The van der Waals surface area contributed by atoms with E-state index in [0.29, 0.717) is 12.4 Å². The van der Waals surface area contributed by atoms with Gasteiger partial charge >= 0.3 is 0 Å². The van der Waals surface area contributed by atoms with Crippen LogP contribution in [0.25, 0.3) is 11.1 Å². The quantitative estimate of drug-likeness (QED) is 0.657. The standard InChI is InChI=1S/C11H7N5O/c12-5-10-13-7-16(15-10)6-11-14-8-3-1-2-4-9(8)17-11/h1-4,7H,6H2. The van der Waals surface area contributed by atoms with Gasteiger partial charge in [-0.1, -0.05) is 12.1 Å². The Hall–Kier alpha value is -2.68. The van der Waals surface area contributed by atoms with E-state index in [9.17, 15) is 0 Å². The van der Waals surface area contributed by atoms with Crippen LogP contribution in [0.4, 0.5) is 0 Å². The van der Waals surface area contributed by atoms with Crippen LogP contribution in [0, 0.1) is 11.3 Å². The molecule has 6 nitrogen and oxygen atoms in total. The fourth-order valence-corrected chi connectivity index (χ4v) is 1.55. The van der Waals surface area contributed by atoms with Crippen LogP contribution in [-0.4, -0.2) is 19.7 Å². The molecule has 0 saturated heterocycles. The molecule has 3 rings (SSSR count). The van der Waals surface area contributed by atoms with E-state index >= 15 is 0 Å². The first-order chi connectivity index (χ1) is 8.35. The van der Waals surface area contributed by atoms with Crippen molar-refractivity contribution in [2.75, 3.05) is 0 Å². The number of aromatic nitrogens is 4. The number of fused-ring (bicyclic) bond motifs is 1. The van der Waals surface area contributed by atoms with Crippen molar-refractivity contribution in [2.24, 2.45) is 0 Å². The lowest BCUT2D eigenvalue weighted by molar-refractivity contribution is 0.491. The SMILES string of the molecule is N#Cc1ncn(Cc2nc3ccccc3o2)n1. The van der Waals surface area contributed by atoms with E-state index in [2.05, 4.69) is 15.1 Å². The molecule has 17 heavy (non-hydrogen) atoms. The molecule has 0 amide bonds. The van der Waals surface area contributed by atoms with Crippen molar-refractivity contribution in [3.05, 3.63) is 42.3 Å². The Bertz CT molecular complexity index is 673. The van der Waals surface area contributed by atoms with E-state index in [1.807, 2.05) is 30.3 Å². The minimum atomic E-state index is 0.140. The summed E-state index contributed by atoms with van der Waals surface area (Å²) in [7, 11) is 0. The first-order valence-corrected chi connectivity index (χ1v) is 4.99. The summed E-state index contributed by atoms with van der Waals surface area (Å²) in [6.07, 6.45) is 1.48. The average Bonchev–Trinajstić information content (AvgIpc) is 2.94. The van der Waals surface area contributed by atoms with Gasteiger partial charge in [0.05, 0.1) is 0 Å². The highest BCUT2D eigenvalue weighted by Gasteiger charge is 2.07. The molecule has 2 aromatic heterocycles. The minimum Gasteiger partial charge on any atom is -0.439 e. The maximum atomic E-state index is 8.60. The maximum absolute atomic E-state index is 8.60. The summed E-state index contributed by atoms with van der Waals surface area (Å²) in [5.41, 5.74) is 1.55. The zero-order valence-corrected chi connectivity index (χ0v) is 8.74. The zero-order chi connectivity index (χ0) is 11.7. The third-order valence-electron chi connectivity index (χ3n) is 2.27.